The lowest BCUT2D eigenvalue weighted by atomic mass is 9.90. The molecule has 0 heterocycles. The fraction of sp³-hybridized carbons (Fsp3) is 0.231. The summed E-state index contributed by atoms with van der Waals surface area (Å²) in [6.45, 7) is 13.3. The first-order chi connectivity index (χ1) is 12.9. The standard InChI is InChI=1S/C26H29P/c1-18-12-14-20(3)25(22(18)5)16-27(24-10-8-7-9-11-24)17-26-21(4)15-13-19(2)23(26)6/h7-17H,1-6H3. The van der Waals surface area contributed by atoms with E-state index < -0.39 is 7.55 Å². The van der Waals surface area contributed by atoms with Gasteiger partial charge in [-0.1, -0.05) is 56.7 Å². The largest absolute Gasteiger partial charge is 0.169 e. The molecule has 0 saturated carbocycles. The summed E-state index contributed by atoms with van der Waals surface area (Å²) < 4.78 is 0. The summed E-state index contributed by atoms with van der Waals surface area (Å²) in [6.07, 6.45) is 4.47. The van der Waals surface area contributed by atoms with Crippen LogP contribution in [-0.4, -0.2) is 5.80 Å². The van der Waals surface area contributed by atoms with Crippen LogP contribution in [0.15, 0.2) is 76.7 Å². The molecule has 0 radical (unpaired) electrons. The monoisotopic (exact) mass is 372 g/mol. The van der Waals surface area contributed by atoms with E-state index >= 15 is 0 Å². The number of hydrogen-bond acceptors (Lipinski definition) is 0. The third-order valence-corrected chi connectivity index (χ3v) is 7.57. The third kappa shape index (κ3) is 4.18. The van der Waals surface area contributed by atoms with Gasteiger partial charge in [0.25, 0.3) is 0 Å². The predicted octanol–water partition coefficient (Wildman–Crippen LogP) is 6.95. The van der Waals surface area contributed by atoms with E-state index in [4.69, 9.17) is 0 Å². The van der Waals surface area contributed by atoms with Crippen molar-refractivity contribution in [1.82, 2.24) is 0 Å². The van der Waals surface area contributed by atoms with Gasteiger partial charge in [0.1, 0.15) is 11.6 Å². The summed E-state index contributed by atoms with van der Waals surface area (Å²) in [5.74, 6) is 5.01. The smallest absolute Gasteiger partial charge is 0.161 e. The third-order valence-electron chi connectivity index (χ3n) is 5.60. The van der Waals surface area contributed by atoms with E-state index in [0.717, 1.165) is 0 Å². The Bertz CT molecular complexity index is 982. The maximum absolute atomic E-state index is 2.50. The normalized spacial score (nSPS) is 16.4. The summed E-state index contributed by atoms with van der Waals surface area (Å²) in [5.41, 5.74) is 11.0. The van der Waals surface area contributed by atoms with Gasteiger partial charge < -0.3 is 0 Å². The summed E-state index contributed by atoms with van der Waals surface area (Å²) in [7, 11) is -0.548. The Balaban J connectivity index is 2.23. The Morgan fingerprint density at radius 3 is 2.19 bits per heavy atom. The Morgan fingerprint density at radius 1 is 0.815 bits per heavy atom. The van der Waals surface area contributed by atoms with E-state index in [1.54, 1.807) is 0 Å². The van der Waals surface area contributed by atoms with Crippen molar-refractivity contribution in [3.63, 3.8) is 0 Å². The second-order valence-electron chi connectivity index (χ2n) is 7.48. The quantitative estimate of drug-likeness (QED) is 0.404. The molecule has 1 heteroatoms. The molecular formula is C26H29P. The van der Waals surface area contributed by atoms with E-state index in [1.165, 1.54) is 49.9 Å². The zero-order valence-corrected chi connectivity index (χ0v) is 18.2. The highest BCUT2D eigenvalue weighted by atomic mass is 31.1. The van der Waals surface area contributed by atoms with Crippen molar-refractivity contribution in [3.8, 4) is 0 Å². The number of benzene rings is 2. The van der Waals surface area contributed by atoms with Gasteiger partial charge in [-0.3, -0.25) is 0 Å². The van der Waals surface area contributed by atoms with Crippen molar-refractivity contribution in [2.45, 2.75) is 41.5 Å². The van der Waals surface area contributed by atoms with Gasteiger partial charge in [-0.05, 0) is 49.6 Å². The number of aryl methyl sites for hydroxylation is 2. The first-order valence-corrected chi connectivity index (χ1v) is 11.0. The maximum atomic E-state index is 2.50. The van der Waals surface area contributed by atoms with Gasteiger partial charge in [0.15, 0.2) is 12.8 Å². The van der Waals surface area contributed by atoms with E-state index in [2.05, 4.69) is 108 Å². The average molecular weight is 372 g/mol. The molecule has 0 spiro atoms. The minimum atomic E-state index is -0.548. The summed E-state index contributed by atoms with van der Waals surface area (Å²) in [5, 5.41) is 1.40. The van der Waals surface area contributed by atoms with Crippen molar-refractivity contribution >= 4 is 18.6 Å². The lowest BCUT2D eigenvalue weighted by Crippen LogP contribution is -2.02. The van der Waals surface area contributed by atoms with Crippen LogP contribution in [-0.2, 0) is 0 Å². The fourth-order valence-corrected chi connectivity index (χ4v) is 5.65. The Kier molecular flexibility index (Phi) is 5.88. The molecule has 1 aliphatic carbocycles. The molecule has 0 aromatic heterocycles. The summed E-state index contributed by atoms with van der Waals surface area (Å²) in [6, 6.07) is 15.4. The van der Waals surface area contributed by atoms with Crippen LogP contribution in [0.25, 0.3) is 0 Å². The molecule has 2 aromatic rings. The molecule has 1 unspecified atom stereocenters. The lowest BCUT2D eigenvalue weighted by Gasteiger charge is -2.25. The average Bonchev–Trinajstić information content (AvgIpc) is 2.67. The van der Waals surface area contributed by atoms with Crippen LogP contribution in [0.5, 0.6) is 0 Å². The summed E-state index contributed by atoms with van der Waals surface area (Å²) >= 11 is 0. The van der Waals surface area contributed by atoms with Gasteiger partial charge in [0, 0.05) is 5.56 Å². The van der Waals surface area contributed by atoms with Crippen molar-refractivity contribution in [2.75, 3.05) is 0 Å². The highest BCUT2D eigenvalue weighted by Gasteiger charge is 2.16. The SMILES string of the molecule is CC1=C[CH-]C(C)=C(C)C1=C[P+](=Cc1c(C)ccc(C)c1C)c1ccccc1. The molecule has 0 N–H and O–H groups in total. The van der Waals surface area contributed by atoms with Crippen molar-refractivity contribution in [2.24, 2.45) is 0 Å². The topological polar surface area (TPSA) is 0 Å². The van der Waals surface area contributed by atoms with E-state index in [9.17, 15) is 0 Å². The molecule has 0 amide bonds. The molecule has 27 heavy (non-hydrogen) atoms. The van der Waals surface area contributed by atoms with Gasteiger partial charge in [-0.15, -0.1) is 11.1 Å². The molecule has 3 rings (SSSR count). The lowest BCUT2D eigenvalue weighted by molar-refractivity contribution is 1.20. The zero-order chi connectivity index (χ0) is 19.6. The number of allylic oxidation sites excluding steroid dienone is 5. The fourth-order valence-electron chi connectivity index (χ4n) is 3.41. The van der Waals surface area contributed by atoms with Gasteiger partial charge in [-0.2, -0.15) is 18.1 Å². The molecule has 0 aliphatic heterocycles. The first kappa shape index (κ1) is 19.5. The van der Waals surface area contributed by atoms with E-state index in [-0.39, 0.29) is 0 Å². The predicted molar refractivity (Wildman–Crippen MR) is 123 cm³/mol. The van der Waals surface area contributed by atoms with Crippen LogP contribution in [0.3, 0.4) is 0 Å². The Hall–Kier alpha value is -2.30. The van der Waals surface area contributed by atoms with Crippen LogP contribution in [0.2, 0.25) is 0 Å². The van der Waals surface area contributed by atoms with Crippen LogP contribution < -0.4 is 5.30 Å². The number of hydrogen-bond donors (Lipinski definition) is 0. The summed E-state index contributed by atoms with van der Waals surface area (Å²) in [4.78, 5) is 0. The Labute approximate surface area is 165 Å². The molecule has 0 nitrogen and oxygen atoms in total. The van der Waals surface area contributed by atoms with Crippen molar-refractivity contribution < 1.29 is 0 Å². The molecule has 2 aromatic carbocycles. The van der Waals surface area contributed by atoms with Gasteiger partial charge >= 0.3 is 0 Å². The van der Waals surface area contributed by atoms with Crippen LogP contribution in [0.1, 0.15) is 43.0 Å². The highest BCUT2D eigenvalue weighted by molar-refractivity contribution is 7.68. The first-order valence-electron chi connectivity index (χ1n) is 9.55. The minimum Gasteiger partial charge on any atom is -0.169 e. The van der Waals surface area contributed by atoms with E-state index in [1.807, 2.05) is 0 Å². The number of rotatable bonds is 3. The van der Waals surface area contributed by atoms with Crippen molar-refractivity contribution in [3.05, 3.63) is 105 Å². The van der Waals surface area contributed by atoms with Gasteiger partial charge in [0.05, 0.1) is 0 Å². The second-order valence-corrected chi connectivity index (χ2v) is 9.32. The molecular weight excluding hydrogens is 343 g/mol. The maximum Gasteiger partial charge on any atom is 0.161 e. The van der Waals surface area contributed by atoms with E-state index in [0.29, 0.717) is 0 Å². The molecule has 138 valence electrons. The molecule has 0 saturated heterocycles. The Morgan fingerprint density at radius 2 is 1.48 bits per heavy atom. The van der Waals surface area contributed by atoms with Gasteiger partial charge in [0.2, 0.25) is 0 Å². The van der Waals surface area contributed by atoms with Crippen LogP contribution >= 0.6 is 7.55 Å². The molecule has 1 aliphatic rings. The minimum absolute atomic E-state index is 0.548. The zero-order valence-electron chi connectivity index (χ0n) is 17.3. The highest BCUT2D eigenvalue weighted by Crippen LogP contribution is 2.36. The molecule has 0 fully saturated rings. The molecule has 1 atom stereocenters. The second kappa shape index (κ2) is 8.15. The van der Waals surface area contributed by atoms with Crippen LogP contribution in [0, 0.1) is 27.2 Å². The molecule has 0 bridgehead atoms. The van der Waals surface area contributed by atoms with Crippen molar-refractivity contribution in [1.29, 1.82) is 0 Å². The van der Waals surface area contributed by atoms with Gasteiger partial charge in [-0.25, -0.2) is 0 Å². The van der Waals surface area contributed by atoms with Crippen LogP contribution in [0.4, 0.5) is 0 Å².